The second kappa shape index (κ2) is 5.22. The average Bonchev–Trinajstić information content (AvgIpc) is 2.78. The number of hydrogen-bond donors (Lipinski definition) is 2. The highest BCUT2D eigenvalue weighted by Gasteiger charge is 2.15. The van der Waals surface area contributed by atoms with Crippen LogP contribution in [-0.2, 0) is 0 Å². The minimum absolute atomic E-state index is 0.0950. The van der Waals surface area contributed by atoms with Gasteiger partial charge in [-0.3, -0.25) is 4.79 Å². The number of H-pyrrole nitrogens is 1. The Bertz CT molecular complexity index is 602. The first-order valence-electron chi connectivity index (χ1n) is 6.10. The Morgan fingerprint density at radius 3 is 2.42 bits per heavy atom. The third kappa shape index (κ3) is 2.50. The second-order valence-corrected chi connectivity index (χ2v) is 4.58. The maximum absolute atomic E-state index is 12.1. The van der Waals surface area contributed by atoms with E-state index in [2.05, 4.69) is 10.3 Å². The van der Waals surface area contributed by atoms with Crippen molar-refractivity contribution >= 4 is 16.8 Å². The Hall–Kier alpha value is -2.17. The third-order valence-corrected chi connectivity index (χ3v) is 2.85. The predicted octanol–water partition coefficient (Wildman–Crippen LogP) is 2.32. The van der Waals surface area contributed by atoms with Crippen LogP contribution < -0.4 is 14.8 Å². The van der Waals surface area contributed by atoms with Gasteiger partial charge in [0.1, 0.15) is 0 Å². The Balaban J connectivity index is 2.50. The molecule has 0 saturated heterocycles. The maximum atomic E-state index is 12.1. The lowest BCUT2D eigenvalue weighted by Gasteiger charge is -2.09. The van der Waals surface area contributed by atoms with E-state index >= 15 is 0 Å². The van der Waals surface area contributed by atoms with E-state index in [1.807, 2.05) is 19.9 Å². The predicted molar refractivity (Wildman–Crippen MR) is 74.0 cm³/mol. The summed E-state index contributed by atoms with van der Waals surface area (Å²) in [6.07, 6.45) is 1.70. The van der Waals surface area contributed by atoms with E-state index < -0.39 is 0 Å². The number of fused-ring (bicyclic) bond motifs is 1. The van der Waals surface area contributed by atoms with Crippen LogP contribution in [0.2, 0.25) is 0 Å². The van der Waals surface area contributed by atoms with E-state index in [1.165, 1.54) is 0 Å². The minimum Gasteiger partial charge on any atom is -0.493 e. The number of ether oxygens (including phenoxy) is 2. The first-order chi connectivity index (χ1) is 9.06. The number of nitrogens with one attached hydrogen (secondary N) is 2. The molecule has 1 heterocycles. The van der Waals surface area contributed by atoms with Crippen LogP contribution in [-0.4, -0.2) is 31.2 Å². The molecule has 0 aliphatic carbocycles. The van der Waals surface area contributed by atoms with E-state index in [4.69, 9.17) is 9.47 Å². The number of rotatable bonds is 4. The topological polar surface area (TPSA) is 63.4 Å². The normalized spacial score (nSPS) is 10.8. The van der Waals surface area contributed by atoms with Gasteiger partial charge in [0, 0.05) is 23.7 Å². The molecule has 5 nitrogen and oxygen atoms in total. The average molecular weight is 262 g/mol. The highest BCUT2D eigenvalue weighted by atomic mass is 16.5. The molecule has 0 bridgehead atoms. The number of methoxy groups -OCH3 is 2. The first-order valence-corrected chi connectivity index (χ1v) is 6.10. The summed E-state index contributed by atoms with van der Waals surface area (Å²) >= 11 is 0. The molecule has 0 unspecified atom stereocenters. The second-order valence-electron chi connectivity index (χ2n) is 4.58. The van der Waals surface area contributed by atoms with Gasteiger partial charge in [0.05, 0.1) is 25.3 Å². The highest BCUT2D eigenvalue weighted by Crippen LogP contribution is 2.33. The summed E-state index contributed by atoms with van der Waals surface area (Å²) in [5.74, 6) is 1.13. The first kappa shape index (κ1) is 13.3. The summed E-state index contributed by atoms with van der Waals surface area (Å²) in [6.45, 7) is 3.85. The molecule has 5 heteroatoms. The number of aromatic amines is 1. The number of amides is 1. The van der Waals surface area contributed by atoms with Crippen LogP contribution in [0.3, 0.4) is 0 Å². The van der Waals surface area contributed by atoms with Crippen LogP contribution in [0.5, 0.6) is 11.5 Å². The SMILES string of the molecule is COc1cc2[nH]cc(C(=O)NC(C)C)c2cc1OC. The van der Waals surface area contributed by atoms with Gasteiger partial charge in [-0.25, -0.2) is 0 Å². The van der Waals surface area contributed by atoms with Gasteiger partial charge in [0.15, 0.2) is 11.5 Å². The number of carbonyl (C=O) groups is 1. The number of hydrogen-bond acceptors (Lipinski definition) is 3. The lowest BCUT2D eigenvalue weighted by molar-refractivity contribution is 0.0945. The van der Waals surface area contributed by atoms with E-state index in [1.54, 1.807) is 26.5 Å². The van der Waals surface area contributed by atoms with Gasteiger partial charge in [0.2, 0.25) is 0 Å². The molecule has 0 atom stereocenters. The molecule has 2 aromatic rings. The molecule has 1 aromatic carbocycles. The van der Waals surface area contributed by atoms with Crippen LogP contribution >= 0.6 is 0 Å². The molecule has 1 amide bonds. The van der Waals surface area contributed by atoms with Crippen LogP contribution in [0, 0.1) is 0 Å². The van der Waals surface area contributed by atoms with E-state index in [0.29, 0.717) is 17.1 Å². The standard InChI is InChI=1S/C14H18N2O3/c1-8(2)16-14(17)10-7-15-11-6-13(19-4)12(18-3)5-9(10)11/h5-8,15H,1-4H3,(H,16,17). The quantitative estimate of drug-likeness (QED) is 0.888. The third-order valence-electron chi connectivity index (χ3n) is 2.85. The van der Waals surface area contributed by atoms with Crippen molar-refractivity contribution in [3.8, 4) is 11.5 Å². The van der Waals surface area contributed by atoms with Gasteiger partial charge in [0.25, 0.3) is 5.91 Å². The number of benzene rings is 1. The Labute approximate surface area is 111 Å². The summed E-state index contributed by atoms with van der Waals surface area (Å²) in [4.78, 5) is 15.2. The van der Waals surface area contributed by atoms with Gasteiger partial charge in [-0.1, -0.05) is 0 Å². The fourth-order valence-electron chi connectivity index (χ4n) is 1.98. The molecule has 2 rings (SSSR count). The summed E-state index contributed by atoms with van der Waals surface area (Å²) in [6, 6.07) is 3.72. The van der Waals surface area contributed by atoms with E-state index in [9.17, 15) is 4.79 Å². The smallest absolute Gasteiger partial charge is 0.253 e. The Morgan fingerprint density at radius 1 is 1.21 bits per heavy atom. The summed E-state index contributed by atoms with van der Waals surface area (Å²) in [7, 11) is 3.16. The van der Waals surface area contributed by atoms with E-state index in [0.717, 1.165) is 10.9 Å². The van der Waals surface area contributed by atoms with Crippen LogP contribution in [0.15, 0.2) is 18.3 Å². The monoisotopic (exact) mass is 262 g/mol. The summed E-state index contributed by atoms with van der Waals surface area (Å²) < 4.78 is 10.5. The molecule has 1 aromatic heterocycles. The molecule has 2 N–H and O–H groups in total. The van der Waals surface area contributed by atoms with Gasteiger partial charge < -0.3 is 19.8 Å². The fraction of sp³-hybridized carbons (Fsp3) is 0.357. The van der Waals surface area contributed by atoms with Crippen molar-refractivity contribution in [1.29, 1.82) is 0 Å². The molecule has 0 saturated carbocycles. The number of carbonyl (C=O) groups excluding carboxylic acids is 1. The minimum atomic E-state index is -0.103. The molecule has 0 spiro atoms. The number of aromatic nitrogens is 1. The van der Waals surface area contributed by atoms with E-state index in [-0.39, 0.29) is 11.9 Å². The molecule has 0 radical (unpaired) electrons. The zero-order valence-corrected chi connectivity index (χ0v) is 11.5. The molecular weight excluding hydrogens is 244 g/mol. The van der Waals surface area contributed by atoms with Crippen molar-refractivity contribution in [3.05, 3.63) is 23.9 Å². The van der Waals surface area contributed by atoms with Crippen molar-refractivity contribution in [1.82, 2.24) is 10.3 Å². The molecule has 0 aliphatic rings. The summed E-state index contributed by atoms with van der Waals surface area (Å²) in [5.41, 5.74) is 1.44. The maximum Gasteiger partial charge on any atom is 0.253 e. The molecule has 0 fully saturated rings. The lowest BCUT2D eigenvalue weighted by atomic mass is 10.1. The van der Waals surface area contributed by atoms with Gasteiger partial charge >= 0.3 is 0 Å². The van der Waals surface area contributed by atoms with Crippen LogP contribution in [0.4, 0.5) is 0 Å². The Kier molecular flexibility index (Phi) is 3.64. The summed E-state index contributed by atoms with van der Waals surface area (Å²) in [5, 5.41) is 3.69. The van der Waals surface area contributed by atoms with Crippen molar-refractivity contribution in [2.24, 2.45) is 0 Å². The van der Waals surface area contributed by atoms with Crippen molar-refractivity contribution in [3.63, 3.8) is 0 Å². The van der Waals surface area contributed by atoms with Crippen molar-refractivity contribution in [2.75, 3.05) is 14.2 Å². The molecule has 0 aliphatic heterocycles. The van der Waals surface area contributed by atoms with Crippen molar-refractivity contribution < 1.29 is 14.3 Å². The zero-order valence-electron chi connectivity index (χ0n) is 11.5. The Morgan fingerprint density at radius 2 is 1.84 bits per heavy atom. The molecule has 102 valence electrons. The van der Waals surface area contributed by atoms with Crippen LogP contribution in [0.1, 0.15) is 24.2 Å². The van der Waals surface area contributed by atoms with Crippen LogP contribution in [0.25, 0.3) is 10.9 Å². The van der Waals surface area contributed by atoms with Gasteiger partial charge in [-0.05, 0) is 19.9 Å². The zero-order chi connectivity index (χ0) is 14.0. The largest absolute Gasteiger partial charge is 0.493 e. The highest BCUT2D eigenvalue weighted by molar-refractivity contribution is 6.07. The fourth-order valence-corrected chi connectivity index (χ4v) is 1.98. The lowest BCUT2D eigenvalue weighted by Crippen LogP contribution is -2.29. The molecular formula is C14H18N2O3. The van der Waals surface area contributed by atoms with Gasteiger partial charge in [-0.15, -0.1) is 0 Å². The molecule has 19 heavy (non-hydrogen) atoms. The van der Waals surface area contributed by atoms with Gasteiger partial charge in [-0.2, -0.15) is 0 Å². The van der Waals surface area contributed by atoms with Crippen molar-refractivity contribution in [2.45, 2.75) is 19.9 Å².